The molecule has 76 valence electrons. The number of rotatable bonds is 4. The van der Waals surface area contributed by atoms with Crippen LogP contribution in [0.5, 0.6) is 0 Å². The van der Waals surface area contributed by atoms with Gasteiger partial charge in [0, 0.05) is 16.6 Å². The molecule has 1 unspecified atom stereocenters. The normalized spacial score (nSPS) is 12.5. The van der Waals surface area contributed by atoms with E-state index in [-0.39, 0.29) is 11.9 Å². The zero-order chi connectivity index (χ0) is 10.6. The monoisotopic (exact) mass is 256 g/mol. The second-order valence-electron chi connectivity index (χ2n) is 2.97. The lowest BCUT2D eigenvalue weighted by atomic mass is 10.1. The molecule has 0 aliphatic rings. The minimum atomic E-state index is -0.360. The van der Waals surface area contributed by atoms with Gasteiger partial charge < -0.3 is 4.74 Å². The fourth-order valence-electron chi connectivity index (χ4n) is 1.17. The Balaban J connectivity index is 2.74. The van der Waals surface area contributed by atoms with Crippen LogP contribution in [0.3, 0.4) is 0 Å². The van der Waals surface area contributed by atoms with Crippen LogP contribution in [0, 0.1) is 0 Å². The van der Waals surface area contributed by atoms with Gasteiger partial charge in [0.05, 0.1) is 0 Å². The number of halogens is 1. The highest BCUT2D eigenvalue weighted by Gasteiger charge is 2.14. The Morgan fingerprint density at radius 2 is 2.00 bits per heavy atom. The molecule has 1 aromatic carbocycles. The molecule has 0 aromatic heterocycles. The van der Waals surface area contributed by atoms with Gasteiger partial charge in [-0.2, -0.15) is 0 Å². The Labute approximate surface area is 92.4 Å². The van der Waals surface area contributed by atoms with Gasteiger partial charge in [-0.15, -0.1) is 0 Å². The SMILES string of the molecule is CCOC(C)C(=O)c1ccc(Br)cc1. The maximum atomic E-state index is 11.7. The Morgan fingerprint density at radius 1 is 1.43 bits per heavy atom. The van der Waals surface area contributed by atoms with E-state index in [0.29, 0.717) is 12.2 Å². The fraction of sp³-hybridized carbons (Fsp3) is 0.364. The standard InChI is InChI=1S/C11H13BrO2/c1-3-14-8(2)11(13)9-4-6-10(12)7-5-9/h4-8H,3H2,1-2H3. The van der Waals surface area contributed by atoms with E-state index in [1.165, 1.54) is 0 Å². The van der Waals surface area contributed by atoms with E-state index in [0.717, 1.165) is 4.47 Å². The van der Waals surface area contributed by atoms with Crippen molar-refractivity contribution in [3.63, 3.8) is 0 Å². The molecule has 2 nitrogen and oxygen atoms in total. The third-order valence-corrected chi connectivity index (χ3v) is 2.44. The van der Waals surface area contributed by atoms with Crippen molar-refractivity contribution in [3.8, 4) is 0 Å². The summed E-state index contributed by atoms with van der Waals surface area (Å²) in [4.78, 5) is 11.7. The van der Waals surface area contributed by atoms with E-state index in [2.05, 4.69) is 15.9 Å². The van der Waals surface area contributed by atoms with Crippen molar-refractivity contribution in [2.45, 2.75) is 20.0 Å². The molecule has 0 radical (unpaired) electrons. The molecule has 14 heavy (non-hydrogen) atoms. The smallest absolute Gasteiger partial charge is 0.191 e. The average Bonchev–Trinajstić information content (AvgIpc) is 2.18. The largest absolute Gasteiger partial charge is 0.371 e. The summed E-state index contributed by atoms with van der Waals surface area (Å²) in [6.45, 7) is 4.21. The van der Waals surface area contributed by atoms with Crippen LogP contribution in [0.25, 0.3) is 0 Å². The summed E-state index contributed by atoms with van der Waals surface area (Å²) in [5.74, 6) is 0.0272. The minimum Gasteiger partial charge on any atom is -0.371 e. The van der Waals surface area contributed by atoms with E-state index in [1.54, 1.807) is 19.1 Å². The first-order chi connectivity index (χ1) is 6.65. The first-order valence-corrected chi connectivity index (χ1v) is 5.35. The highest BCUT2D eigenvalue weighted by atomic mass is 79.9. The summed E-state index contributed by atoms with van der Waals surface area (Å²) in [5, 5.41) is 0. The van der Waals surface area contributed by atoms with E-state index in [9.17, 15) is 4.79 Å². The lowest BCUT2D eigenvalue weighted by Crippen LogP contribution is -2.20. The molecule has 0 saturated heterocycles. The Bertz CT molecular complexity index is 306. The highest BCUT2D eigenvalue weighted by molar-refractivity contribution is 9.10. The first-order valence-electron chi connectivity index (χ1n) is 4.56. The maximum absolute atomic E-state index is 11.7. The number of benzene rings is 1. The van der Waals surface area contributed by atoms with Gasteiger partial charge in [-0.1, -0.05) is 28.1 Å². The predicted molar refractivity (Wildman–Crippen MR) is 59.6 cm³/mol. The minimum absolute atomic E-state index is 0.0272. The molecule has 0 saturated carbocycles. The summed E-state index contributed by atoms with van der Waals surface area (Å²) < 4.78 is 6.20. The second kappa shape index (κ2) is 5.27. The van der Waals surface area contributed by atoms with E-state index in [1.807, 2.05) is 19.1 Å². The highest BCUT2D eigenvalue weighted by Crippen LogP contribution is 2.12. The number of ketones is 1. The van der Waals surface area contributed by atoms with Crippen LogP contribution in [-0.2, 0) is 4.74 Å². The third-order valence-electron chi connectivity index (χ3n) is 1.91. The molecule has 0 N–H and O–H groups in total. The van der Waals surface area contributed by atoms with Crippen LogP contribution in [0.1, 0.15) is 24.2 Å². The lowest BCUT2D eigenvalue weighted by Gasteiger charge is -2.09. The van der Waals surface area contributed by atoms with Gasteiger partial charge in [-0.3, -0.25) is 4.79 Å². The number of carbonyl (C=O) groups excluding carboxylic acids is 1. The van der Waals surface area contributed by atoms with Gasteiger partial charge in [0.2, 0.25) is 0 Å². The van der Waals surface area contributed by atoms with E-state index >= 15 is 0 Å². The number of Topliss-reactive ketones (excluding diaryl/α,β-unsaturated/α-hetero) is 1. The van der Waals surface area contributed by atoms with Crippen LogP contribution in [-0.4, -0.2) is 18.5 Å². The summed E-state index contributed by atoms with van der Waals surface area (Å²) in [7, 11) is 0. The number of ether oxygens (including phenoxy) is 1. The van der Waals surface area contributed by atoms with E-state index in [4.69, 9.17) is 4.74 Å². The van der Waals surface area contributed by atoms with Crippen molar-refractivity contribution in [2.24, 2.45) is 0 Å². The van der Waals surface area contributed by atoms with Gasteiger partial charge in [-0.05, 0) is 26.0 Å². The summed E-state index contributed by atoms with van der Waals surface area (Å²) in [6.07, 6.45) is -0.360. The number of hydrogen-bond donors (Lipinski definition) is 0. The van der Waals surface area contributed by atoms with Crippen molar-refractivity contribution in [1.82, 2.24) is 0 Å². The molecule has 0 bridgehead atoms. The van der Waals surface area contributed by atoms with E-state index < -0.39 is 0 Å². The number of hydrogen-bond acceptors (Lipinski definition) is 2. The first kappa shape index (κ1) is 11.4. The van der Waals surface area contributed by atoms with Crippen LogP contribution < -0.4 is 0 Å². The molecule has 3 heteroatoms. The van der Waals surface area contributed by atoms with Gasteiger partial charge >= 0.3 is 0 Å². The van der Waals surface area contributed by atoms with Gasteiger partial charge in [0.1, 0.15) is 6.10 Å². The lowest BCUT2D eigenvalue weighted by molar-refractivity contribution is 0.0520. The second-order valence-corrected chi connectivity index (χ2v) is 3.88. The molecular formula is C11H13BrO2. The molecule has 0 heterocycles. The predicted octanol–water partition coefficient (Wildman–Crippen LogP) is 3.06. The van der Waals surface area contributed by atoms with Gasteiger partial charge in [-0.25, -0.2) is 0 Å². The molecule has 0 aliphatic heterocycles. The summed E-state index contributed by atoms with van der Waals surface area (Å²) in [6, 6.07) is 7.29. The molecule has 0 spiro atoms. The number of carbonyl (C=O) groups is 1. The fourth-order valence-corrected chi connectivity index (χ4v) is 1.44. The maximum Gasteiger partial charge on any atom is 0.191 e. The molecule has 1 aromatic rings. The van der Waals surface area contributed by atoms with Crippen molar-refractivity contribution < 1.29 is 9.53 Å². The zero-order valence-corrected chi connectivity index (χ0v) is 9.87. The molecule has 1 rings (SSSR count). The van der Waals surface area contributed by atoms with Crippen LogP contribution in [0.4, 0.5) is 0 Å². The van der Waals surface area contributed by atoms with Crippen LogP contribution >= 0.6 is 15.9 Å². The van der Waals surface area contributed by atoms with Crippen molar-refractivity contribution in [3.05, 3.63) is 34.3 Å². The molecule has 0 amide bonds. The van der Waals surface area contributed by atoms with Gasteiger partial charge in [0.25, 0.3) is 0 Å². The van der Waals surface area contributed by atoms with Crippen molar-refractivity contribution >= 4 is 21.7 Å². The Morgan fingerprint density at radius 3 is 2.50 bits per heavy atom. The third kappa shape index (κ3) is 2.93. The summed E-state index contributed by atoms with van der Waals surface area (Å²) in [5.41, 5.74) is 0.689. The molecule has 0 aliphatic carbocycles. The zero-order valence-electron chi connectivity index (χ0n) is 8.29. The average molecular weight is 257 g/mol. The molecular weight excluding hydrogens is 244 g/mol. The molecule has 0 fully saturated rings. The topological polar surface area (TPSA) is 26.3 Å². The quantitative estimate of drug-likeness (QED) is 0.775. The summed E-state index contributed by atoms with van der Waals surface area (Å²) >= 11 is 3.32. The van der Waals surface area contributed by atoms with Gasteiger partial charge in [0.15, 0.2) is 5.78 Å². The Hall–Kier alpha value is -0.670. The molecule has 1 atom stereocenters. The van der Waals surface area contributed by atoms with Crippen LogP contribution in [0.2, 0.25) is 0 Å². The van der Waals surface area contributed by atoms with Crippen LogP contribution in [0.15, 0.2) is 28.7 Å². The van der Waals surface area contributed by atoms with Crippen molar-refractivity contribution in [2.75, 3.05) is 6.61 Å². The van der Waals surface area contributed by atoms with Crippen molar-refractivity contribution in [1.29, 1.82) is 0 Å². The Kier molecular flexibility index (Phi) is 4.29.